The Balaban J connectivity index is 2.76. The quantitative estimate of drug-likeness (QED) is 0.238. The van der Waals surface area contributed by atoms with E-state index in [4.69, 9.17) is 0 Å². The van der Waals surface area contributed by atoms with Crippen molar-refractivity contribution in [3.05, 3.63) is 71.8 Å². The van der Waals surface area contributed by atoms with E-state index in [0.29, 0.717) is 0 Å². The molecule has 0 fully saturated rings. The van der Waals surface area contributed by atoms with Gasteiger partial charge in [0.15, 0.2) is 0 Å². The van der Waals surface area contributed by atoms with Gasteiger partial charge in [0.2, 0.25) is 0 Å². The van der Waals surface area contributed by atoms with Crippen LogP contribution in [0.1, 0.15) is 52.7 Å². The monoisotopic (exact) mass is 448 g/mol. The van der Waals surface area contributed by atoms with Crippen LogP contribution >= 0.6 is 0 Å². The Morgan fingerprint density at radius 2 is 0.968 bits per heavy atom. The molecule has 0 amide bonds. The molecule has 2 aromatic rings. The summed E-state index contributed by atoms with van der Waals surface area (Å²) in [4.78, 5) is 0. The lowest BCUT2D eigenvalue weighted by atomic mass is 9.92. The Hall–Kier alpha value is -1.57. The molecule has 0 aromatic heterocycles. The highest BCUT2D eigenvalue weighted by atomic mass is 28.3. The lowest BCUT2D eigenvalue weighted by Crippen LogP contribution is -2.49. The standard InChI is InChI=1S/C29H44Si2/c1-7-30(8-2,9-3)24-23-29(31(10-4,11-5)12-6,25-27-19-15-13-16-20-27)26-28-21-17-14-18-22-28/h13-22H,7-12,25-26H2,1-6H3. The average molecular weight is 449 g/mol. The maximum absolute atomic E-state index is 4.19. The molecule has 0 aliphatic heterocycles. The number of benzene rings is 2. The Bertz CT molecular complexity index is 763. The van der Waals surface area contributed by atoms with E-state index >= 15 is 0 Å². The highest BCUT2D eigenvalue weighted by Crippen LogP contribution is 2.50. The van der Waals surface area contributed by atoms with E-state index in [9.17, 15) is 0 Å². The van der Waals surface area contributed by atoms with Crippen LogP contribution in [0.5, 0.6) is 0 Å². The first kappa shape index (κ1) is 25.7. The summed E-state index contributed by atoms with van der Waals surface area (Å²) in [5.74, 6) is 4.19. The van der Waals surface area contributed by atoms with E-state index in [2.05, 4.69) is 114 Å². The molecule has 0 saturated carbocycles. The molecule has 0 bridgehead atoms. The third-order valence-electron chi connectivity index (χ3n) is 8.34. The van der Waals surface area contributed by atoms with E-state index in [0.717, 1.165) is 12.8 Å². The fourth-order valence-electron chi connectivity index (χ4n) is 5.58. The third-order valence-corrected chi connectivity index (χ3v) is 19.6. The fourth-order valence-corrected chi connectivity index (χ4v) is 13.3. The van der Waals surface area contributed by atoms with Crippen molar-refractivity contribution >= 4 is 16.1 Å². The van der Waals surface area contributed by atoms with Gasteiger partial charge in [-0.05, 0) is 42.1 Å². The molecule has 0 unspecified atom stereocenters. The number of hydrogen-bond donors (Lipinski definition) is 0. The summed E-state index contributed by atoms with van der Waals surface area (Å²) in [6, 6.07) is 30.2. The van der Waals surface area contributed by atoms with Gasteiger partial charge < -0.3 is 0 Å². The van der Waals surface area contributed by atoms with Gasteiger partial charge in [-0.25, -0.2) is 0 Å². The van der Waals surface area contributed by atoms with Crippen molar-refractivity contribution in [2.45, 2.75) is 95.7 Å². The van der Waals surface area contributed by atoms with Gasteiger partial charge in [-0.2, -0.15) is 0 Å². The summed E-state index contributed by atoms with van der Waals surface area (Å²) in [6.45, 7) is 14.5. The Morgan fingerprint density at radius 3 is 1.29 bits per heavy atom. The molecular weight excluding hydrogens is 404 g/mol. The zero-order valence-electron chi connectivity index (χ0n) is 20.9. The maximum atomic E-state index is 4.19. The zero-order chi connectivity index (χ0) is 22.8. The molecular formula is C29H44Si2. The SMILES string of the molecule is CC[Si](C#CC(Cc1ccccc1)(Cc1ccccc1)[Si](CC)(CC)CC)(CC)CC. The van der Waals surface area contributed by atoms with Gasteiger partial charge in [0.05, 0.1) is 8.07 Å². The topological polar surface area (TPSA) is 0 Å². The van der Waals surface area contributed by atoms with Gasteiger partial charge in [-0.1, -0.05) is 120 Å². The fraction of sp³-hybridized carbons (Fsp3) is 0.517. The van der Waals surface area contributed by atoms with Gasteiger partial charge in [0.1, 0.15) is 8.07 Å². The van der Waals surface area contributed by atoms with Gasteiger partial charge >= 0.3 is 0 Å². The first-order valence-corrected chi connectivity index (χ1v) is 17.8. The van der Waals surface area contributed by atoms with Crippen LogP contribution in [0.4, 0.5) is 0 Å². The van der Waals surface area contributed by atoms with Crippen molar-refractivity contribution in [1.29, 1.82) is 0 Å². The lowest BCUT2D eigenvalue weighted by Gasteiger charge is -2.46. The van der Waals surface area contributed by atoms with E-state index in [1.807, 2.05) is 0 Å². The molecule has 168 valence electrons. The van der Waals surface area contributed by atoms with Crippen LogP contribution in [0.15, 0.2) is 60.7 Å². The number of rotatable bonds is 11. The zero-order valence-corrected chi connectivity index (χ0v) is 22.9. The van der Waals surface area contributed by atoms with Crippen molar-refractivity contribution in [3.63, 3.8) is 0 Å². The van der Waals surface area contributed by atoms with Gasteiger partial charge in [0.25, 0.3) is 0 Å². The molecule has 2 heteroatoms. The molecule has 0 heterocycles. The highest BCUT2D eigenvalue weighted by molar-refractivity contribution is 6.88. The molecule has 0 nitrogen and oxygen atoms in total. The van der Waals surface area contributed by atoms with Crippen LogP contribution in [-0.4, -0.2) is 16.1 Å². The third kappa shape index (κ3) is 5.82. The molecule has 0 spiro atoms. The van der Waals surface area contributed by atoms with E-state index in [1.54, 1.807) is 0 Å². The first-order valence-electron chi connectivity index (χ1n) is 12.6. The molecule has 0 atom stereocenters. The molecule has 0 aliphatic carbocycles. The van der Waals surface area contributed by atoms with Crippen LogP contribution in [0.3, 0.4) is 0 Å². The van der Waals surface area contributed by atoms with Crippen molar-refractivity contribution < 1.29 is 0 Å². The van der Waals surface area contributed by atoms with Crippen LogP contribution < -0.4 is 0 Å². The molecule has 2 aromatic carbocycles. The molecule has 0 aliphatic rings. The summed E-state index contributed by atoms with van der Waals surface area (Å²) >= 11 is 0. The Kier molecular flexibility index (Phi) is 9.85. The lowest BCUT2D eigenvalue weighted by molar-refractivity contribution is 0.642. The molecule has 0 saturated heterocycles. The van der Waals surface area contributed by atoms with Crippen LogP contribution in [0, 0.1) is 11.5 Å². The summed E-state index contributed by atoms with van der Waals surface area (Å²) in [5, 5.41) is 0.0890. The minimum atomic E-state index is -1.65. The van der Waals surface area contributed by atoms with Crippen molar-refractivity contribution in [1.82, 2.24) is 0 Å². The minimum Gasteiger partial charge on any atom is -0.131 e. The molecule has 0 radical (unpaired) electrons. The summed E-state index contributed by atoms with van der Waals surface area (Å²) in [7, 11) is -3.17. The summed E-state index contributed by atoms with van der Waals surface area (Å²) < 4.78 is 0. The predicted octanol–water partition coefficient (Wildman–Crippen LogP) is 8.77. The average Bonchev–Trinajstić information content (AvgIpc) is 2.83. The van der Waals surface area contributed by atoms with Crippen molar-refractivity contribution in [2.24, 2.45) is 0 Å². The normalized spacial score (nSPS) is 12.3. The second-order valence-corrected chi connectivity index (χ2v) is 19.9. The van der Waals surface area contributed by atoms with Gasteiger partial charge in [-0.15, -0.1) is 11.5 Å². The van der Waals surface area contributed by atoms with Crippen molar-refractivity contribution in [2.75, 3.05) is 0 Å². The van der Waals surface area contributed by atoms with E-state index in [1.165, 1.54) is 47.4 Å². The number of hydrogen-bond acceptors (Lipinski definition) is 0. The minimum absolute atomic E-state index is 0.0890. The van der Waals surface area contributed by atoms with Gasteiger partial charge in [-0.3, -0.25) is 0 Å². The summed E-state index contributed by atoms with van der Waals surface area (Å²) in [5.41, 5.74) is 7.01. The smallest absolute Gasteiger partial charge is 0.131 e. The molecule has 2 rings (SSSR count). The predicted molar refractivity (Wildman–Crippen MR) is 145 cm³/mol. The second kappa shape index (κ2) is 11.9. The van der Waals surface area contributed by atoms with Crippen molar-refractivity contribution in [3.8, 4) is 11.5 Å². The molecule has 0 N–H and O–H groups in total. The van der Waals surface area contributed by atoms with Crippen LogP contribution in [0.2, 0.25) is 41.3 Å². The Morgan fingerprint density at radius 1 is 0.581 bits per heavy atom. The maximum Gasteiger partial charge on any atom is 0.137 e. The summed E-state index contributed by atoms with van der Waals surface area (Å²) in [6.07, 6.45) is 2.19. The van der Waals surface area contributed by atoms with E-state index < -0.39 is 16.1 Å². The highest BCUT2D eigenvalue weighted by Gasteiger charge is 2.49. The Labute approximate surface area is 194 Å². The first-order chi connectivity index (χ1) is 15.0. The van der Waals surface area contributed by atoms with Gasteiger partial charge in [0, 0.05) is 5.04 Å². The van der Waals surface area contributed by atoms with Crippen LogP contribution in [-0.2, 0) is 12.8 Å². The van der Waals surface area contributed by atoms with Crippen LogP contribution in [0.25, 0.3) is 0 Å². The largest absolute Gasteiger partial charge is 0.137 e. The second-order valence-electron chi connectivity index (χ2n) is 9.34. The van der Waals surface area contributed by atoms with E-state index in [-0.39, 0.29) is 5.04 Å². The molecule has 31 heavy (non-hydrogen) atoms.